The predicted molar refractivity (Wildman–Crippen MR) is 134 cm³/mol. The van der Waals surface area contributed by atoms with Crippen molar-refractivity contribution in [2.75, 3.05) is 38.5 Å². The average molecular weight is 495 g/mol. The third-order valence-electron chi connectivity index (χ3n) is 5.90. The highest BCUT2D eigenvalue weighted by Crippen LogP contribution is 2.34. The van der Waals surface area contributed by atoms with Crippen molar-refractivity contribution in [2.45, 2.75) is 20.3 Å². The molecule has 2 N–H and O–H groups in total. The summed E-state index contributed by atoms with van der Waals surface area (Å²) < 4.78 is 5.04. The highest BCUT2D eigenvalue weighted by atomic mass is 35.5. The number of hydrogen-bond acceptors (Lipinski definition) is 7. The monoisotopic (exact) mass is 494 g/mol. The first kappa shape index (κ1) is 24.4. The molecule has 35 heavy (non-hydrogen) atoms. The Labute approximate surface area is 208 Å². The molecule has 0 bridgehead atoms. The molecule has 10 heteroatoms. The first-order valence-electron chi connectivity index (χ1n) is 11.5. The van der Waals surface area contributed by atoms with Crippen molar-refractivity contribution >= 4 is 29.4 Å². The van der Waals surface area contributed by atoms with Gasteiger partial charge in [-0.2, -0.15) is 0 Å². The van der Waals surface area contributed by atoms with Crippen molar-refractivity contribution in [1.29, 1.82) is 0 Å². The van der Waals surface area contributed by atoms with Crippen LogP contribution >= 0.6 is 11.6 Å². The van der Waals surface area contributed by atoms with Crippen molar-refractivity contribution < 1.29 is 14.3 Å². The number of hydrogen-bond donors (Lipinski definition) is 1. The molecule has 2 aromatic heterocycles. The van der Waals surface area contributed by atoms with E-state index in [1.165, 1.54) is 6.33 Å². The molecule has 0 saturated carbocycles. The van der Waals surface area contributed by atoms with Crippen LogP contribution in [0.25, 0.3) is 22.4 Å². The summed E-state index contributed by atoms with van der Waals surface area (Å²) in [6.07, 6.45) is 3.58. The quantitative estimate of drug-likeness (QED) is 0.571. The number of aryl methyl sites for hydroxylation is 1. The number of halogens is 1. The Balaban J connectivity index is 1.59. The smallest absolute Gasteiger partial charge is 0.409 e. The van der Waals surface area contributed by atoms with Gasteiger partial charge in [0.25, 0.3) is 5.91 Å². The van der Waals surface area contributed by atoms with Crippen LogP contribution in [0, 0.1) is 0 Å². The minimum absolute atomic E-state index is 0.176. The van der Waals surface area contributed by atoms with E-state index in [2.05, 4.69) is 15.0 Å². The summed E-state index contributed by atoms with van der Waals surface area (Å²) in [5.74, 6) is 0.254. The van der Waals surface area contributed by atoms with E-state index in [4.69, 9.17) is 22.1 Å². The van der Waals surface area contributed by atoms with Gasteiger partial charge in [-0.05, 0) is 37.6 Å². The Morgan fingerprint density at radius 3 is 2.34 bits per heavy atom. The molecule has 0 atom stereocenters. The lowest BCUT2D eigenvalue weighted by Crippen LogP contribution is -2.50. The summed E-state index contributed by atoms with van der Waals surface area (Å²) in [6.45, 7) is 5.77. The fraction of sp³-hybridized carbons (Fsp3) is 0.320. The standard InChI is InChI=1S/C25H27ClN6O3/c1-3-20-22(17-6-8-21(27)28-14-17)23(30-15-29-20)16-5-7-18(19(26)13-16)24(33)31-9-11-32(12-10-31)25(34)35-4-2/h5-8,13-15H,3-4,9-12H2,1-2H3,(H2,27,28). The van der Waals surface area contributed by atoms with Gasteiger partial charge in [0.15, 0.2) is 0 Å². The number of nitrogen functional groups attached to an aromatic ring is 1. The van der Waals surface area contributed by atoms with Gasteiger partial charge in [-0.1, -0.05) is 24.6 Å². The lowest BCUT2D eigenvalue weighted by Gasteiger charge is -2.34. The molecule has 0 unspecified atom stereocenters. The topological polar surface area (TPSA) is 115 Å². The number of benzene rings is 1. The average Bonchev–Trinajstić information content (AvgIpc) is 2.88. The van der Waals surface area contributed by atoms with Gasteiger partial charge in [0.05, 0.1) is 28.6 Å². The second-order valence-electron chi connectivity index (χ2n) is 8.04. The normalized spacial score (nSPS) is 13.6. The maximum absolute atomic E-state index is 13.2. The summed E-state index contributed by atoms with van der Waals surface area (Å²) in [5, 5.41) is 0.332. The van der Waals surface area contributed by atoms with E-state index < -0.39 is 0 Å². The molecular formula is C25H27ClN6O3. The molecule has 1 fully saturated rings. The highest BCUT2D eigenvalue weighted by molar-refractivity contribution is 6.34. The van der Waals surface area contributed by atoms with Crippen molar-refractivity contribution in [3.05, 3.63) is 59.1 Å². The summed E-state index contributed by atoms with van der Waals surface area (Å²) in [4.78, 5) is 41.6. The maximum atomic E-state index is 13.2. The number of carbonyl (C=O) groups is 2. The number of ether oxygens (including phenoxy) is 1. The molecule has 2 amide bonds. The molecule has 1 aliphatic rings. The summed E-state index contributed by atoms with van der Waals surface area (Å²) in [5.41, 5.74) is 10.2. The lowest BCUT2D eigenvalue weighted by molar-refractivity contribution is 0.0570. The van der Waals surface area contributed by atoms with Crippen LogP contribution in [0.3, 0.4) is 0 Å². The Hall–Kier alpha value is -3.72. The molecule has 0 spiro atoms. The first-order valence-corrected chi connectivity index (χ1v) is 11.9. The van der Waals surface area contributed by atoms with Gasteiger partial charge in [0, 0.05) is 49.1 Å². The van der Waals surface area contributed by atoms with Crippen LogP contribution in [0.1, 0.15) is 29.9 Å². The van der Waals surface area contributed by atoms with Gasteiger partial charge in [-0.3, -0.25) is 4.79 Å². The summed E-state index contributed by atoms with van der Waals surface area (Å²) >= 11 is 6.60. The van der Waals surface area contributed by atoms with Crippen LogP contribution in [-0.2, 0) is 11.2 Å². The van der Waals surface area contributed by atoms with Gasteiger partial charge in [-0.15, -0.1) is 0 Å². The van der Waals surface area contributed by atoms with Crippen LogP contribution in [0.15, 0.2) is 42.9 Å². The molecule has 0 aliphatic carbocycles. The highest BCUT2D eigenvalue weighted by Gasteiger charge is 2.27. The molecule has 3 heterocycles. The van der Waals surface area contributed by atoms with Crippen LogP contribution in [0.4, 0.5) is 10.6 Å². The number of amides is 2. The van der Waals surface area contributed by atoms with Crippen LogP contribution in [-0.4, -0.2) is 69.5 Å². The molecule has 9 nitrogen and oxygen atoms in total. The summed E-state index contributed by atoms with van der Waals surface area (Å²) in [6, 6.07) is 8.93. The Morgan fingerprint density at radius 1 is 1.00 bits per heavy atom. The fourth-order valence-electron chi connectivity index (χ4n) is 4.08. The zero-order valence-electron chi connectivity index (χ0n) is 19.7. The minimum atomic E-state index is -0.356. The van der Waals surface area contributed by atoms with Crippen LogP contribution < -0.4 is 5.73 Å². The number of piperazine rings is 1. The van der Waals surface area contributed by atoms with E-state index in [0.29, 0.717) is 61.3 Å². The van der Waals surface area contributed by atoms with Gasteiger partial charge >= 0.3 is 6.09 Å². The van der Waals surface area contributed by atoms with E-state index in [1.54, 1.807) is 41.1 Å². The molecule has 1 aromatic carbocycles. The van der Waals surface area contributed by atoms with E-state index in [0.717, 1.165) is 22.4 Å². The van der Waals surface area contributed by atoms with Gasteiger partial charge in [-0.25, -0.2) is 19.7 Å². The molecule has 1 aliphatic heterocycles. The van der Waals surface area contributed by atoms with E-state index in [1.807, 2.05) is 19.1 Å². The van der Waals surface area contributed by atoms with E-state index >= 15 is 0 Å². The number of carbonyl (C=O) groups excluding carboxylic acids is 2. The largest absolute Gasteiger partial charge is 0.450 e. The summed E-state index contributed by atoms with van der Waals surface area (Å²) in [7, 11) is 0. The fourth-order valence-corrected chi connectivity index (χ4v) is 4.34. The first-order chi connectivity index (χ1) is 16.9. The molecule has 182 valence electrons. The number of pyridine rings is 1. The number of nitrogens with zero attached hydrogens (tertiary/aromatic N) is 5. The van der Waals surface area contributed by atoms with Gasteiger partial charge in [0.2, 0.25) is 0 Å². The van der Waals surface area contributed by atoms with Crippen LogP contribution in [0.5, 0.6) is 0 Å². The zero-order chi connectivity index (χ0) is 24.9. The van der Waals surface area contributed by atoms with Crippen LogP contribution in [0.2, 0.25) is 5.02 Å². The SMILES string of the molecule is CCOC(=O)N1CCN(C(=O)c2ccc(-c3ncnc(CC)c3-c3ccc(N)nc3)cc2Cl)CC1. The maximum Gasteiger partial charge on any atom is 0.409 e. The lowest BCUT2D eigenvalue weighted by atomic mass is 9.97. The third kappa shape index (κ3) is 5.19. The number of nitrogens with two attached hydrogens (primary N) is 1. The molecule has 4 rings (SSSR count). The second kappa shape index (κ2) is 10.7. The third-order valence-corrected chi connectivity index (χ3v) is 6.21. The Bertz CT molecular complexity index is 1230. The molecule has 3 aromatic rings. The van der Waals surface area contributed by atoms with Crippen molar-refractivity contribution in [3.8, 4) is 22.4 Å². The van der Waals surface area contributed by atoms with Gasteiger partial charge < -0.3 is 20.3 Å². The predicted octanol–water partition coefficient (Wildman–Crippen LogP) is 3.92. The van der Waals surface area contributed by atoms with Gasteiger partial charge in [0.1, 0.15) is 12.1 Å². The Kier molecular flexibility index (Phi) is 7.45. The number of aromatic nitrogens is 3. The number of rotatable bonds is 5. The second-order valence-corrected chi connectivity index (χ2v) is 8.45. The Morgan fingerprint density at radius 2 is 1.71 bits per heavy atom. The number of anilines is 1. The van der Waals surface area contributed by atoms with Crippen molar-refractivity contribution in [2.24, 2.45) is 0 Å². The molecular weight excluding hydrogens is 468 g/mol. The molecule has 0 radical (unpaired) electrons. The molecule has 1 saturated heterocycles. The zero-order valence-corrected chi connectivity index (χ0v) is 20.5. The van der Waals surface area contributed by atoms with E-state index in [9.17, 15) is 9.59 Å². The van der Waals surface area contributed by atoms with Crippen molar-refractivity contribution in [1.82, 2.24) is 24.8 Å². The van der Waals surface area contributed by atoms with E-state index in [-0.39, 0.29) is 12.0 Å². The van der Waals surface area contributed by atoms with Crippen molar-refractivity contribution in [3.63, 3.8) is 0 Å². The minimum Gasteiger partial charge on any atom is -0.450 e.